The number of benzene rings is 4. The summed E-state index contributed by atoms with van der Waals surface area (Å²) < 4.78 is 42.9. The molecule has 0 aromatic heterocycles. The van der Waals surface area contributed by atoms with Gasteiger partial charge < -0.3 is 10.2 Å². The van der Waals surface area contributed by atoms with Gasteiger partial charge in [-0.1, -0.05) is 90.6 Å². The Morgan fingerprint density at radius 3 is 2.02 bits per heavy atom. The van der Waals surface area contributed by atoms with Gasteiger partial charge in [-0.05, 0) is 66.9 Å². The van der Waals surface area contributed by atoms with Crippen LogP contribution in [0.15, 0.2) is 108 Å². The van der Waals surface area contributed by atoms with E-state index < -0.39 is 34.3 Å². The highest BCUT2D eigenvalue weighted by atomic mass is 35.5. The minimum absolute atomic E-state index is 0.0270. The van der Waals surface area contributed by atoms with Gasteiger partial charge >= 0.3 is 0 Å². The standard InChI is InChI=1S/C35H34Cl2FN3O4S/c36-31-16-9-17-32(37)30(31)23-40(33(22-25-10-3-1-4-11-25)35(43)39-27-12-7-8-13-27)34(42)24-41(28-20-18-26(38)19-21-28)46(44,45)29-14-5-2-6-15-29/h1-6,9-11,14-21,27,33H,7-8,12-13,22-24H2,(H,39,43)/t33-/m0/s1. The largest absolute Gasteiger partial charge is 0.352 e. The summed E-state index contributed by atoms with van der Waals surface area (Å²) in [5, 5.41) is 3.72. The first-order valence-corrected chi connectivity index (χ1v) is 17.2. The van der Waals surface area contributed by atoms with E-state index in [-0.39, 0.29) is 35.5 Å². The molecule has 0 aliphatic heterocycles. The third-order valence-corrected chi connectivity index (χ3v) is 10.6. The second-order valence-electron chi connectivity index (χ2n) is 11.2. The monoisotopic (exact) mass is 681 g/mol. The maximum atomic E-state index is 14.6. The first kappa shape index (κ1) is 33.4. The number of halogens is 3. The lowest BCUT2D eigenvalue weighted by Gasteiger charge is -2.34. The Morgan fingerprint density at radius 2 is 1.41 bits per heavy atom. The summed E-state index contributed by atoms with van der Waals surface area (Å²) in [6, 6.07) is 25.7. The summed E-state index contributed by atoms with van der Waals surface area (Å²) >= 11 is 13.1. The zero-order valence-corrected chi connectivity index (χ0v) is 27.3. The highest BCUT2D eigenvalue weighted by Gasteiger charge is 2.36. The Balaban J connectivity index is 1.58. The third-order valence-electron chi connectivity index (χ3n) is 8.09. The van der Waals surface area contributed by atoms with Crippen molar-refractivity contribution in [2.75, 3.05) is 10.8 Å². The predicted octanol–water partition coefficient (Wildman–Crippen LogP) is 7.03. The number of nitrogens with one attached hydrogen (secondary N) is 1. The van der Waals surface area contributed by atoms with Crippen molar-refractivity contribution in [3.63, 3.8) is 0 Å². The van der Waals surface area contributed by atoms with Crippen LogP contribution < -0.4 is 9.62 Å². The van der Waals surface area contributed by atoms with Crippen LogP contribution in [0, 0.1) is 5.82 Å². The van der Waals surface area contributed by atoms with Gasteiger partial charge in [-0.2, -0.15) is 0 Å². The van der Waals surface area contributed by atoms with Gasteiger partial charge in [0.2, 0.25) is 11.8 Å². The van der Waals surface area contributed by atoms with Crippen LogP contribution in [0.1, 0.15) is 36.8 Å². The minimum Gasteiger partial charge on any atom is -0.352 e. The average molecular weight is 683 g/mol. The molecule has 1 aliphatic carbocycles. The molecule has 1 saturated carbocycles. The zero-order valence-electron chi connectivity index (χ0n) is 25.0. The van der Waals surface area contributed by atoms with Crippen molar-refractivity contribution in [1.82, 2.24) is 10.2 Å². The Kier molecular flexibility index (Phi) is 11.0. The number of carbonyl (C=O) groups excluding carboxylic acids is 2. The summed E-state index contributed by atoms with van der Waals surface area (Å²) in [7, 11) is -4.30. The van der Waals surface area contributed by atoms with E-state index in [1.54, 1.807) is 36.4 Å². The quantitative estimate of drug-likeness (QED) is 0.174. The second-order valence-corrected chi connectivity index (χ2v) is 13.9. The Bertz CT molecular complexity index is 1730. The third kappa shape index (κ3) is 8.07. The summed E-state index contributed by atoms with van der Waals surface area (Å²) in [6.07, 6.45) is 3.82. The molecule has 1 aliphatic rings. The van der Waals surface area contributed by atoms with Crippen LogP contribution in [0.25, 0.3) is 0 Å². The van der Waals surface area contributed by atoms with E-state index in [0.29, 0.717) is 15.6 Å². The van der Waals surface area contributed by atoms with Crippen molar-refractivity contribution in [3.8, 4) is 0 Å². The number of nitrogens with zero attached hydrogens (tertiary/aromatic N) is 2. The molecule has 1 atom stereocenters. The molecule has 1 N–H and O–H groups in total. The zero-order chi connectivity index (χ0) is 32.7. The molecule has 0 radical (unpaired) electrons. The molecule has 2 amide bonds. The number of amides is 2. The fourth-order valence-corrected chi connectivity index (χ4v) is 7.58. The molecule has 7 nitrogen and oxygen atoms in total. The highest BCUT2D eigenvalue weighted by Crippen LogP contribution is 2.29. The van der Waals surface area contributed by atoms with Gasteiger partial charge in [0.1, 0.15) is 18.4 Å². The molecule has 240 valence electrons. The second kappa shape index (κ2) is 15.1. The molecule has 46 heavy (non-hydrogen) atoms. The fraction of sp³-hybridized carbons (Fsp3) is 0.257. The number of carbonyl (C=O) groups is 2. The molecule has 0 unspecified atom stereocenters. The summed E-state index contributed by atoms with van der Waals surface area (Å²) in [4.78, 5) is 29.9. The Labute approximate surface area is 279 Å². The van der Waals surface area contributed by atoms with Crippen molar-refractivity contribution < 1.29 is 22.4 Å². The maximum Gasteiger partial charge on any atom is 0.264 e. The molecule has 4 aromatic carbocycles. The molecule has 1 fully saturated rings. The summed E-state index contributed by atoms with van der Waals surface area (Å²) in [6.45, 7) is -0.831. The van der Waals surface area contributed by atoms with Crippen molar-refractivity contribution in [3.05, 3.63) is 130 Å². The van der Waals surface area contributed by atoms with Crippen LogP contribution in [-0.4, -0.2) is 43.8 Å². The summed E-state index contributed by atoms with van der Waals surface area (Å²) in [5.74, 6) is -1.58. The minimum atomic E-state index is -4.30. The SMILES string of the molecule is O=C(NC1CCCC1)[C@H](Cc1ccccc1)N(Cc1c(Cl)cccc1Cl)C(=O)CN(c1ccc(F)cc1)S(=O)(=O)c1ccccc1. The first-order valence-electron chi connectivity index (χ1n) is 15.0. The van der Waals surface area contributed by atoms with Gasteiger partial charge in [0.05, 0.1) is 10.6 Å². The average Bonchev–Trinajstić information content (AvgIpc) is 3.57. The van der Waals surface area contributed by atoms with E-state index in [9.17, 15) is 22.4 Å². The number of rotatable bonds is 12. The van der Waals surface area contributed by atoms with Gasteiger partial charge in [0.25, 0.3) is 10.0 Å². The molecule has 4 aromatic rings. The van der Waals surface area contributed by atoms with E-state index in [1.165, 1.54) is 29.2 Å². The van der Waals surface area contributed by atoms with Gasteiger partial charge in [0.15, 0.2) is 0 Å². The van der Waals surface area contributed by atoms with Gasteiger partial charge in [-0.3, -0.25) is 13.9 Å². The lowest BCUT2D eigenvalue weighted by Crippen LogP contribution is -2.54. The molecule has 0 saturated heterocycles. The van der Waals surface area contributed by atoms with Crippen LogP contribution >= 0.6 is 23.2 Å². The number of hydrogen-bond acceptors (Lipinski definition) is 4. The van der Waals surface area contributed by atoms with Crippen molar-refractivity contribution >= 4 is 50.7 Å². The molecule has 0 heterocycles. The molecule has 11 heteroatoms. The van der Waals surface area contributed by atoms with E-state index in [4.69, 9.17) is 23.2 Å². The van der Waals surface area contributed by atoms with Crippen molar-refractivity contribution in [1.29, 1.82) is 0 Å². The predicted molar refractivity (Wildman–Crippen MR) is 179 cm³/mol. The lowest BCUT2D eigenvalue weighted by atomic mass is 10.0. The summed E-state index contributed by atoms with van der Waals surface area (Å²) in [5.41, 5.74) is 1.32. The van der Waals surface area contributed by atoms with E-state index in [2.05, 4.69) is 5.32 Å². The van der Waals surface area contributed by atoms with E-state index in [0.717, 1.165) is 47.7 Å². The first-order chi connectivity index (χ1) is 22.1. The van der Waals surface area contributed by atoms with Crippen LogP contribution in [0.3, 0.4) is 0 Å². The van der Waals surface area contributed by atoms with Crippen LogP contribution in [0.5, 0.6) is 0 Å². The molecule has 0 spiro atoms. The normalized spacial score (nSPS) is 14.1. The maximum absolute atomic E-state index is 14.6. The topological polar surface area (TPSA) is 86.8 Å². The molecule has 5 rings (SSSR count). The van der Waals surface area contributed by atoms with Gasteiger partial charge in [-0.15, -0.1) is 0 Å². The van der Waals surface area contributed by atoms with Crippen molar-refractivity contribution in [2.45, 2.75) is 55.6 Å². The molecular weight excluding hydrogens is 648 g/mol. The molecule has 0 bridgehead atoms. The molecular formula is C35H34Cl2FN3O4S. The van der Waals surface area contributed by atoms with Gasteiger partial charge in [-0.25, -0.2) is 12.8 Å². The van der Waals surface area contributed by atoms with Crippen LogP contribution in [0.4, 0.5) is 10.1 Å². The van der Waals surface area contributed by atoms with E-state index >= 15 is 0 Å². The Hall–Kier alpha value is -3.92. The van der Waals surface area contributed by atoms with Crippen molar-refractivity contribution in [2.24, 2.45) is 0 Å². The van der Waals surface area contributed by atoms with E-state index in [1.807, 2.05) is 30.3 Å². The highest BCUT2D eigenvalue weighted by molar-refractivity contribution is 7.92. The number of sulfonamides is 1. The van der Waals surface area contributed by atoms with Crippen LogP contribution in [0.2, 0.25) is 10.0 Å². The van der Waals surface area contributed by atoms with Crippen LogP contribution in [-0.2, 0) is 32.6 Å². The number of hydrogen-bond donors (Lipinski definition) is 1. The smallest absolute Gasteiger partial charge is 0.264 e. The Morgan fingerprint density at radius 1 is 0.826 bits per heavy atom. The van der Waals surface area contributed by atoms with Gasteiger partial charge in [0, 0.05) is 34.6 Å². The fourth-order valence-electron chi connectivity index (χ4n) is 5.63. The lowest BCUT2D eigenvalue weighted by molar-refractivity contribution is -0.140. The number of anilines is 1.